The van der Waals surface area contributed by atoms with Crippen molar-refractivity contribution in [2.24, 2.45) is 5.73 Å². The summed E-state index contributed by atoms with van der Waals surface area (Å²) in [5, 5.41) is 0.738. The average molecular weight is 257 g/mol. The van der Waals surface area contributed by atoms with E-state index in [1.807, 2.05) is 40.0 Å². The Hall–Kier alpha value is -0.930. The van der Waals surface area contributed by atoms with E-state index < -0.39 is 0 Å². The van der Waals surface area contributed by atoms with Crippen molar-refractivity contribution in [3.05, 3.63) is 22.7 Å². The third-order valence-corrected chi connectivity index (χ3v) is 2.92. The van der Waals surface area contributed by atoms with Gasteiger partial charge >= 0.3 is 0 Å². The number of aryl methyl sites for hydroxylation is 1. The number of likely N-dealkylation sites (N-methyl/N-ethyl adjacent to an activating group) is 1. The minimum Gasteiger partial charge on any atom is -0.495 e. The largest absolute Gasteiger partial charge is 0.495 e. The van der Waals surface area contributed by atoms with Crippen molar-refractivity contribution < 1.29 is 4.74 Å². The zero-order valence-corrected chi connectivity index (χ0v) is 11.9. The highest BCUT2D eigenvalue weighted by Crippen LogP contribution is 2.33. The maximum Gasteiger partial charge on any atom is 0.142 e. The molecule has 1 aromatic rings. The normalized spacial score (nSPS) is 11.5. The van der Waals surface area contributed by atoms with Crippen molar-refractivity contribution in [2.45, 2.75) is 26.3 Å². The van der Waals surface area contributed by atoms with Crippen molar-refractivity contribution >= 4 is 17.3 Å². The molecule has 4 heteroatoms. The molecule has 0 heterocycles. The smallest absolute Gasteiger partial charge is 0.142 e. The monoisotopic (exact) mass is 256 g/mol. The molecule has 0 atom stereocenters. The summed E-state index contributed by atoms with van der Waals surface area (Å²) in [6, 6.07) is 3.86. The highest BCUT2D eigenvalue weighted by molar-refractivity contribution is 6.31. The van der Waals surface area contributed by atoms with Gasteiger partial charge < -0.3 is 15.4 Å². The van der Waals surface area contributed by atoms with E-state index in [-0.39, 0.29) is 5.54 Å². The topological polar surface area (TPSA) is 38.5 Å². The van der Waals surface area contributed by atoms with Gasteiger partial charge in [0.2, 0.25) is 0 Å². The number of hydrogen-bond donors (Lipinski definition) is 1. The summed E-state index contributed by atoms with van der Waals surface area (Å²) >= 11 is 6.14. The molecule has 0 unspecified atom stereocenters. The summed E-state index contributed by atoms with van der Waals surface area (Å²) in [5.74, 6) is 0.818. The summed E-state index contributed by atoms with van der Waals surface area (Å²) in [5.41, 5.74) is 7.72. The van der Waals surface area contributed by atoms with Crippen LogP contribution >= 0.6 is 11.6 Å². The third kappa shape index (κ3) is 3.79. The fourth-order valence-electron chi connectivity index (χ4n) is 1.80. The predicted molar refractivity (Wildman–Crippen MR) is 74.3 cm³/mol. The van der Waals surface area contributed by atoms with Gasteiger partial charge in [-0.1, -0.05) is 11.6 Å². The van der Waals surface area contributed by atoms with Crippen molar-refractivity contribution in [1.82, 2.24) is 0 Å². The van der Waals surface area contributed by atoms with Crippen molar-refractivity contribution in [3.8, 4) is 5.75 Å². The molecule has 0 bridgehead atoms. The van der Waals surface area contributed by atoms with Crippen LogP contribution in [0.2, 0.25) is 5.02 Å². The number of nitrogens with two attached hydrogens (primary N) is 1. The van der Waals surface area contributed by atoms with Crippen LogP contribution in [0.25, 0.3) is 0 Å². The Morgan fingerprint density at radius 2 is 2.00 bits per heavy atom. The van der Waals surface area contributed by atoms with Crippen molar-refractivity contribution in [2.75, 3.05) is 25.6 Å². The van der Waals surface area contributed by atoms with Crippen LogP contribution in [0.5, 0.6) is 5.75 Å². The van der Waals surface area contributed by atoms with E-state index in [0.29, 0.717) is 0 Å². The van der Waals surface area contributed by atoms with Gasteiger partial charge in [0.05, 0.1) is 12.8 Å². The summed E-state index contributed by atoms with van der Waals surface area (Å²) in [7, 11) is 3.64. The van der Waals surface area contributed by atoms with Crippen LogP contribution in [0.1, 0.15) is 19.4 Å². The second-order valence-electron chi connectivity index (χ2n) is 5.12. The number of methoxy groups -OCH3 is 1. The number of nitrogens with zero attached hydrogens (tertiary/aromatic N) is 1. The lowest BCUT2D eigenvalue weighted by atomic mass is 10.1. The Balaban J connectivity index is 3.08. The lowest BCUT2D eigenvalue weighted by molar-refractivity contribution is 0.413. The summed E-state index contributed by atoms with van der Waals surface area (Å²) in [4.78, 5) is 2.06. The Labute approximate surface area is 109 Å². The molecule has 3 nitrogen and oxygen atoms in total. The molecular formula is C13H21ClN2O. The molecule has 0 saturated carbocycles. The van der Waals surface area contributed by atoms with Crippen LogP contribution in [0.3, 0.4) is 0 Å². The van der Waals surface area contributed by atoms with E-state index in [2.05, 4.69) is 4.90 Å². The number of benzene rings is 1. The highest BCUT2D eigenvalue weighted by Gasteiger charge is 2.17. The van der Waals surface area contributed by atoms with E-state index in [1.165, 1.54) is 0 Å². The van der Waals surface area contributed by atoms with Crippen LogP contribution in [-0.4, -0.2) is 26.2 Å². The first-order valence-corrected chi connectivity index (χ1v) is 5.96. The first kappa shape index (κ1) is 14.1. The second-order valence-corrected chi connectivity index (χ2v) is 5.53. The lowest BCUT2D eigenvalue weighted by Crippen LogP contribution is -2.44. The summed E-state index contributed by atoms with van der Waals surface area (Å²) < 4.78 is 5.38. The van der Waals surface area contributed by atoms with Gasteiger partial charge in [-0.3, -0.25) is 0 Å². The van der Waals surface area contributed by atoms with Gasteiger partial charge in [0, 0.05) is 24.2 Å². The lowest BCUT2D eigenvalue weighted by Gasteiger charge is -2.29. The molecule has 0 aromatic heterocycles. The Morgan fingerprint density at radius 1 is 1.41 bits per heavy atom. The van der Waals surface area contributed by atoms with Crippen LogP contribution < -0.4 is 15.4 Å². The zero-order valence-electron chi connectivity index (χ0n) is 11.2. The molecule has 1 rings (SSSR count). The fraction of sp³-hybridized carbons (Fsp3) is 0.538. The molecule has 0 radical (unpaired) electrons. The minimum absolute atomic E-state index is 0.267. The van der Waals surface area contributed by atoms with E-state index in [0.717, 1.165) is 28.6 Å². The first-order valence-electron chi connectivity index (χ1n) is 5.59. The van der Waals surface area contributed by atoms with E-state index >= 15 is 0 Å². The van der Waals surface area contributed by atoms with Crippen LogP contribution in [0, 0.1) is 6.92 Å². The second kappa shape index (κ2) is 5.15. The molecule has 0 spiro atoms. The van der Waals surface area contributed by atoms with Crippen LogP contribution in [0.4, 0.5) is 5.69 Å². The number of ether oxygens (including phenoxy) is 1. The summed E-state index contributed by atoms with van der Waals surface area (Å²) in [6.45, 7) is 6.67. The quantitative estimate of drug-likeness (QED) is 0.900. The fourth-order valence-corrected chi connectivity index (χ4v) is 1.96. The van der Waals surface area contributed by atoms with Crippen molar-refractivity contribution in [3.63, 3.8) is 0 Å². The molecule has 17 heavy (non-hydrogen) atoms. The summed E-state index contributed by atoms with van der Waals surface area (Å²) in [6.07, 6.45) is 0. The number of rotatable bonds is 4. The van der Waals surface area contributed by atoms with E-state index in [1.54, 1.807) is 7.11 Å². The molecule has 1 aromatic carbocycles. The van der Waals surface area contributed by atoms with Crippen molar-refractivity contribution in [1.29, 1.82) is 0 Å². The number of hydrogen-bond acceptors (Lipinski definition) is 3. The molecule has 96 valence electrons. The molecule has 0 fully saturated rings. The Morgan fingerprint density at radius 3 is 2.47 bits per heavy atom. The standard InChI is InChI=1S/C13H21ClN2O/c1-9-6-12(17-5)11(7-10(9)14)16(4)8-13(2,3)15/h6-7H,8,15H2,1-5H3. The first-order chi connectivity index (χ1) is 7.74. The maximum absolute atomic E-state index is 6.14. The molecule has 0 aliphatic heterocycles. The van der Waals surface area contributed by atoms with E-state index in [4.69, 9.17) is 22.1 Å². The maximum atomic E-state index is 6.14. The minimum atomic E-state index is -0.267. The van der Waals surface area contributed by atoms with E-state index in [9.17, 15) is 0 Å². The molecule has 0 aliphatic carbocycles. The van der Waals surface area contributed by atoms with Gasteiger partial charge in [-0.2, -0.15) is 0 Å². The Kier molecular flexibility index (Phi) is 4.28. The van der Waals surface area contributed by atoms with Gasteiger partial charge in [0.25, 0.3) is 0 Å². The molecule has 0 saturated heterocycles. The molecule has 0 amide bonds. The zero-order chi connectivity index (χ0) is 13.2. The number of anilines is 1. The van der Waals surface area contributed by atoms with Gasteiger partial charge in [-0.15, -0.1) is 0 Å². The molecular weight excluding hydrogens is 236 g/mol. The Bertz CT molecular complexity index is 399. The van der Waals surface area contributed by atoms with Crippen LogP contribution in [-0.2, 0) is 0 Å². The van der Waals surface area contributed by atoms with Gasteiger partial charge in [-0.05, 0) is 38.5 Å². The van der Waals surface area contributed by atoms with Gasteiger partial charge in [0.1, 0.15) is 5.75 Å². The van der Waals surface area contributed by atoms with Crippen LogP contribution in [0.15, 0.2) is 12.1 Å². The van der Waals surface area contributed by atoms with Gasteiger partial charge in [-0.25, -0.2) is 0 Å². The highest BCUT2D eigenvalue weighted by atomic mass is 35.5. The average Bonchev–Trinajstić information content (AvgIpc) is 2.18. The molecule has 0 aliphatic rings. The molecule has 2 N–H and O–H groups in total. The SMILES string of the molecule is COc1cc(C)c(Cl)cc1N(C)CC(C)(C)N. The predicted octanol–water partition coefficient (Wildman–Crippen LogP) is 2.83. The van der Waals surface area contributed by atoms with Gasteiger partial charge in [0.15, 0.2) is 0 Å². The number of halogens is 1. The third-order valence-electron chi connectivity index (χ3n) is 2.52.